The summed E-state index contributed by atoms with van der Waals surface area (Å²) in [5.41, 5.74) is 0. The predicted molar refractivity (Wildman–Crippen MR) is 61.5 cm³/mol. The molecule has 0 amide bonds. The van der Waals surface area contributed by atoms with Crippen molar-refractivity contribution < 1.29 is 5.11 Å². The highest BCUT2D eigenvalue weighted by molar-refractivity contribution is 5.03. The van der Waals surface area contributed by atoms with Crippen LogP contribution in [0.5, 0.6) is 0 Å². The molecule has 0 aromatic rings. The van der Waals surface area contributed by atoms with Gasteiger partial charge in [0.2, 0.25) is 0 Å². The first-order chi connectivity index (χ1) is 7.38. The Morgan fingerprint density at radius 2 is 1.27 bits per heavy atom. The Morgan fingerprint density at radius 1 is 0.733 bits per heavy atom. The van der Waals surface area contributed by atoms with Gasteiger partial charge < -0.3 is 5.11 Å². The molecule has 3 aliphatic carbocycles. The molecule has 0 bridgehead atoms. The van der Waals surface area contributed by atoms with Crippen LogP contribution in [0.3, 0.4) is 0 Å². The maximum Gasteiger partial charge on any atom is 0.0602 e. The molecule has 1 heteroatoms. The van der Waals surface area contributed by atoms with E-state index in [-0.39, 0.29) is 6.10 Å². The van der Waals surface area contributed by atoms with Crippen LogP contribution in [-0.2, 0) is 0 Å². The summed E-state index contributed by atoms with van der Waals surface area (Å²) in [5.74, 6) is 3.23. The monoisotopic (exact) mass is 208 g/mol. The Morgan fingerprint density at radius 3 is 1.87 bits per heavy atom. The molecule has 3 unspecified atom stereocenters. The fourth-order valence-corrected chi connectivity index (χ4v) is 4.34. The van der Waals surface area contributed by atoms with Crippen molar-refractivity contribution in [2.24, 2.45) is 23.7 Å². The van der Waals surface area contributed by atoms with E-state index in [9.17, 15) is 5.11 Å². The summed E-state index contributed by atoms with van der Waals surface area (Å²) in [7, 11) is 0. The molecule has 1 nitrogen and oxygen atoms in total. The molecule has 3 atom stereocenters. The van der Waals surface area contributed by atoms with Gasteiger partial charge in [0.1, 0.15) is 0 Å². The molecule has 1 N–H and O–H groups in total. The van der Waals surface area contributed by atoms with Gasteiger partial charge in [-0.1, -0.05) is 32.1 Å². The Balaban J connectivity index is 1.58. The topological polar surface area (TPSA) is 20.2 Å². The van der Waals surface area contributed by atoms with E-state index in [0.717, 1.165) is 17.8 Å². The quantitative estimate of drug-likeness (QED) is 0.737. The molecule has 0 heterocycles. The van der Waals surface area contributed by atoms with Gasteiger partial charge in [-0.2, -0.15) is 0 Å². The lowest BCUT2D eigenvalue weighted by Crippen LogP contribution is -2.25. The van der Waals surface area contributed by atoms with Crippen molar-refractivity contribution in [3.05, 3.63) is 0 Å². The molecule has 86 valence electrons. The highest BCUT2D eigenvalue weighted by atomic mass is 16.3. The number of rotatable bonds is 2. The lowest BCUT2D eigenvalue weighted by molar-refractivity contribution is 0.0578. The zero-order chi connectivity index (χ0) is 10.3. The highest BCUT2D eigenvalue weighted by Gasteiger charge is 2.55. The van der Waals surface area contributed by atoms with Crippen LogP contribution in [0, 0.1) is 23.7 Å². The highest BCUT2D eigenvalue weighted by Crippen LogP contribution is 2.58. The summed E-state index contributed by atoms with van der Waals surface area (Å²) in [6.45, 7) is 0. The molecule has 0 saturated heterocycles. The van der Waals surface area contributed by atoms with Gasteiger partial charge >= 0.3 is 0 Å². The van der Waals surface area contributed by atoms with Crippen molar-refractivity contribution in [1.82, 2.24) is 0 Å². The van der Waals surface area contributed by atoms with Crippen LogP contribution in [0.2, 0.25) is 0 Å². The molecule has 0 aliphatic heterocycles. The smallest absolute Gasteiger partial charge is 0.0602 e. The summed E-state index contributed by atoms with van der Waals surface area (Å²) in [6.07, 6.45) is 12.5. The van der Waals surface area contributed by atoms with Crippen LogP contribution in [-0.4, -0.2) is 11.2 Å². The third-order valence-corrected chi connectivity index (χ3v) is 5.25. The molecule has 0 aromatic heterocycles. The van der Waals surface area contributed by atoms with Crippen molar-refractivity contribution in [3.8, 4) is 0 Å². The molecule has 15 heavy (non-hydrogen) atoms. The Labute approximate surface area is 93.3 Å². The SMILES string of the molecule is OC(C1CCCCC1)C1C2CCCCC21. The zero-order valence-electron chi connectivity index (χ0n) is 9.70. The average Bonchev–Trinajstić information content (AvgIpc) is 3.03. The number of fused-ring (bicyclic) bond motifs is 1. The third-order valence-electron chi connectivity index (χ3n) is 5.25. The summed E-state index contributed by atoms with van der Waals surface area (Å²) >= 11 is 0. The molecule has 3 saturated carbocycles. The van der Waals surface area contributed by atoms with Gasteiger partial charge in [0.15, 0.2) is 0 Å². The first-order valence-electron chi connectivity index (χ1n) is 7.06. The first-order valence-corrected chi connectivity index (χ1v) is 7.06. The van der Waals surface area contributed by atoms with Crippen LogP contribution in [0.4, 0.5) is 0 Å². The number of hydrogen-bond donors (Lipinski definition) is 1. The van der Waals surface area contributed by atoms with Crippen molar-refractivity contribution in [2.75, 3.05) is 0 Å². The lowest BCUT2D eigenvalue weighted by Gasteiger charge is -2.27. The zero-order valence-corrected chi connectivity index (χ0v) is 9.70. The lowest BCUT2D eigenvalue weighted by atomic mass is 9.83. The fraction of sp³-hybridized carbons (Fsp3) is 1.00. The molecule has 0 radical (unpaired) electrons. The minimum absolute atomic E-state index is 0.0680. The average molecular weight is 208 g/mol. The standard InChI is InChI=1S/C14H24O/c15-14(10-6-2-1-3-7-10)13-11-8-4-5-9-12(11)13/h10-15H,1-9H2. The van der Waals surface area contributed by atoms with E-state index in [0.29, 0.717) is 5.92 Å². The third kappa shape index (κ3) is 1.84. The van der Waals surface area contributed by atoms with Crippen molar-refractivity contribution in [1.29, 1.82) is 0 Å². The van der Waals surface area contributed by atoms with E-state index in [1.807, 2.05) is 0 Å². The van der Waals surface area contributed by atoms with E-state index >= 15 is 0 Å². The molecule has 3 aliphatic rings. The van der Waals surface area contributed by atoms with Gasteiger partial charge in [-0.3, -0.25) is 0 Å². The normalized spacial score (nSPS) is 43.4. The molecule has 0 spiro atoms. The molecule has 3 rings (SSSR count). The Bertz CT molecular complexity index is 207. The van der Waals surface area contributed by atoms with Gasteiger partial charge in [-0.15, -0.1) is 0 Å². The summed E-state index contributed by atoms with van der Waals surface area (Å²) in [6, 6.07) is 0. The predicted octanol–water partition coefficient (Wildman–Crippen LogP) is 3.36. The minimum atomic E-state index is 0.0680. The fourth-order valence-electron chi connectivity index (χ4n) is 4.34. The second-order valence-electron chi connectivity index (χ2n) is 6.08. The summed E-state index contributed by atoms with van der Waals surface area (Å²) in [4.78, 5) is 0. The maximum atomic E-state index is 10.4. The van der Waals surface area contributed by atoms with E-state index in [4.69, 9.17) is 0 Å². The number of aliphatic hydroxyl groups excluding tert-OH is 1. The van der Waals surface area contributed by atoms with E-state index in [2.05, 4.69) is 0 Å². The molecular formula is C14H24O. The summed E-state index contributed by atoms with van der Waals surface area (Å²) in [5, 5.41) is 10.4. The number of aliphatic hydroxyl groups is 1. The number of hydrogen-bond acceptors (Lipinski definition) is 1. The molecular weight excluding hydrogens is 184 g/mol. The molecule has 3 fully saturated rings. The van der Waals surface area contributed by atoms with Crippen LogP contribution in [0.1, 0.15) is 57.8 Å². The van der Waals surface area contributed by atoms with E-state index < -0.39 is 0 Å². The van der Waals surface area contributed by atoms with Crippen LogP contribution >= 0.6 is 0 Å². The van der Waals surface area contributed by atoms with Crippen molar-refractivity contribution in [3.63, 3.8) is 0 Å². The second kappa shape index (κ2) is 4.08. The van der Waals surface area contributed by atoms with Gasteiger partial charge in [0.05, 0.1) is 6.10 Å². The summed E-state index contributed by atoms with van der Waals surface area (Å²) < 4.78 is 0. The Kier molecular flexibility index (Phi) is 2.76. The van der Waals surface area contributed by atoms with E-state index in [1.54, 1.807) is 0 Å². The van der Waals surface area contributed by atoms with Crippen LogP contribution in [0.25, 0.3) is 0 Å². The second-order valence-corrected chi connectivity index (χ2v) is 6.08. The van der Waals surface area contributed by atoms with Crippen molar-refractivity contribution in [2.45, 2.75) is 63.9 Å². The van der Waals surface area contributed by atoms with Crippen LogP contribution in [0.15, 0.2) is 0 Å². The maximum absolute atomic E-state index is 10.4. The molecule has 0 aromatic carbocycles. The van der Waals surface area contributed by atoms with E-state index in [1.165, 1.54) is 57.8 Å². The Hall–Kier alpha value is -0.0400. The van der Waals surface area contributed by atoms with Crippen molar-refractivity contribution >= 4 is 0 Å². The van der Waals surface area contributed by atoms with Gasteiger partial charge in [0, 0.05) is 0 Å². The van der Waals surface area contributed by atoms with Gasteiger partial charge in [-0.05, 0) is 49.4 Å². The first kappa shape index (κ1) is 10.1. The van der Waals surface area contributed by atoms with Gasteiger partial charge in [0.25, 0.3) is 0 Å². The van der Waals surface area contributed by atoms with Gasteiger partial charge in [-0.25, -0.2) is 0 Å². The minimum Gasteiger partial charge on any atom is -0.393 e. The largest absolute Gasteiger partial charge is 0.393 e. The van der Waals surface area contributed by atoms with Crippen LogP contribution < -0.4 is 0 Å².